The topological polar surface area (TPSA) is 35.5 Å². The number of Topliss-reactive ketones (excluding diaryl/α,β-unsaturated/α-hetero) is 1. The summed E-state index contributed by atoms with van der Waals surface area (Å²) in [6, 6.07) is 1.61. The van der Waals surface area contributed by atoms with Crippen LogP contribution in [-0.2, 0) is 11.2 Å². The Kier molecular flexibility index (Phi) is 2.65. The second-order valence-electron chi connectivity index (χ2n) is 3.26. The van der Waals surface area contributed by atoms with Crippen molar-refractivity contribution in [2.45, 2.75) is 13.3 Å². The Morgan fingerprint density at radius 1 is 1.60 bits per heavy atom. The molecule has 0 N–H and O–H groups in total. The highest BCUT2D eigenvalue weighted by Gasteiger charge is 2.24. The number of ketones is 1. The van der Waals surface area contributed by atoms with Gasteiger partial charge < -0.3 is 9.47 Å². The first-order valence-corrected chi connectivity index (χ1v) is 5.15. The van der Waals surface area contributed by atoms with Gasteiger partial charge >= 0.3 is 0 Å². The molecular formula is C10H8BrFO3. The minimum atomic E-state index is -0.521. The molecule has 2 rings (SSSR count). The van der Waals surface area contributed by atoms with E-state index in [9.17, 15) is 9.18 Å². The van der Waals surface area contributed by atoms with E-state index in [1.165, 1.54) is 6.92 Å². The summed E-state index contributed by atoms with van der Waals surface area (Å²) in [6.45, 7) is 1.43. The Bertz CT molecular complexity index is 431. The average molecular weight is 275 g/mol. The Balaban J connectivity index is 2.51. The zero-order valence-electron chi connectivity index (χ0n) is 7.97. The van der Waals surface area contributed by atoms with E-state index in [4.69, 9.17) is 9.47 Å². The average Bonchev–Trinajstić information content (AvgIpc) is 2.59. The number of halogens is 2. The van der Waals surface area contributed by atoms with Crippen molar-refractivity contribution in [1.29, 1.82) is 0 Å². The normalized spacial score (nSPS) is 13.0. The fourth-order valence-electron chi connectivity index (χ4n) is 1.42. The third kappa shape index (κ3) is 1.84. The summed E-state index contributed by atoms with van der Waals surface area (Å²) in [5.74, 6) is -0.165. The smallest absolute Gasteiger partial charge is 0.231 e. The zero-order chi connectivity index (χ0) is 11.0. The molecular weight excluding hydrogens is 267 g/mol. The van der Waals surface area contributed by atoms with E-state index in [0.29, 0.717) is 15.8 Å². The molecule has 0 aromatic heterocycles. The molecule has 1 aliphatic rings. The number of fused-ring (bicyclic) bond motifs is 1. The molecule has 1 aromatic carbocycles. The number of carbonyl (C=O) groups is 1. The number of rotatable bonds is 2. The molecule has 1 heterocycles. The number of carbonyl (C=O) groups excluding carboxylic acids is 1. The van der Waals surface area contributed by atoms with Gasteiger partial charge in [0.2, 0.25) is 12.5 Å². The molecule has 0 saturated carbocycles. The fraction of sp³-hybridized carbons (Fsp3) is 0.300. The monoisotopic (exact) mass is 274 g/mol. The minimum Gasteiger partial charge on any atom is -0.453 e. The van der Waals surface area contributed by atoms with Gasteiger partial charge in [0.05, 0.1) is 0 Å². The van der Waals surface area contributed by atoms with Crippen LogP contribution in [0.3, 0.4) is 0 Å². The van der Waals surface area contributed by atoms with Gasteiger partial charge in [0.25, 0.3) is 0 Å². The lowest BCUT2D eigenvalue weighted by molar-refractivity contribution is -0.116. The Morgan fingerprint density at radius 3 is 3.00 bits per heavy atom. The van der Waals surface area contributed by atoms with Crippen molar-refractivity contribution in [2.24, 2.45) is 0 Å². The summed E-state index contributed by atoms with van der Waals surface area (Å²) >= 11 is 3.20. The van der Waals surface area contributed by atoms with Gasteiger partial charge in [0.15, 0.2) is 11.6 Å². The zero-order valence-corrected chi connectivity index (χ0v) is 9.56. The molecule has 0 aliphatic carbocycles. The maximum absolute atomic E-state index is 13.8. The fourth-order valence-corrected chi connectivity index (χ4v) is 1.94. The van der Waals surface area contributed by atoms with E-state index >= 15 is 0 Å². The van der Waals surface area contributed by atoms with E-state index in [-0.39, 0.29) is 24.7 Å². The third-order valence-electron chi connectivity index (χ3n) is 2.08. The van der Waals surface area contributed by atoms with Crippen LogP contribution in [-0.4, -0.2) is 12.6 Å². The summed E-state index contributed by atoms with van der Waals surface area (Å²) < 4.78 is 24.4. The lowest BCUT2D eigenvalue weighted by Gasteiger charge is -2.06. The predicted octanol–water partition coefficient (Wildman–Crippen LogP) is 2.45. The lowest BCUT2D eigenvalue weighted by atomic mass is 10.1. The van der Waals surface area contributed by atoms with Crippen molar-refractivity contribution < 1.29 is 18.7 Å². The second kappa shape index (κ2) is 3.81. The minimum absolute atomic E-state index is 0.0161. The summed E-state index contributed by atoms with van der Waals surface area (Å²) in [7, 11) is 0. The van der Waals surface area contributed by atoms with Crippen molar-refractivity contribution in [1.82, 2.24) is 0 Å². The van der Waals surface area contributed by atoms with Crippen LogP contribution >= 0.6 is 15.9 Å². The molecule has 0 radical (unpaired) electrons. The van der Waals surface area contributed by atoms with E-state index in [0.717, 1.165) is 0 Å². The predicted molar refractivity (Wildman–Crippen MR) is 54.6 cm³/mol. The van der Waals surface area contributed by atoms with Gasteiger partial charge in [-0.1, -0.05) is 15.9 Å². The molecule has 1 aromatic rings. The summed E-state index contributed by atoms with van der Waals surface area (Å²) in [5.41, 5.74) is 0.312. The number of ether oxygens (including phenoxy) is 2. The Hall–Kier alpha value is -1.10. The molecule has 0 saturated heterocycles. The van der Waals surface area contributed by atoms with Gasteiger partial charge in [-0.05, 0) is 13.0 Å². The molecule has 80 valence electrons. The maximum atomic E-state index is 13.8. The Labute approximate surface area is 94.3 Å². The molecule has 15 heavy (non-hydrogen) atoms. The van der Waals surface area contributed by atoms with Crippen LogP contribution in [0.25, 0.3) is 0 Å². The third-order valence-corrected chi connectivity index (χ3v) is 2.79. The molecule has 0 atom stereocenters. The maximum Gasteiger partial charge on any atom is 0.231 e. The van der Waals surface area contributed by atoms with Gasteiger partial charge in [-0.25, -0.2) is 4.39 Å². The van der Waals surface area contributed by atoms with Crippen LogP contribution in [0, 0.1) is 5.82 Å². The van der Waals surface area contributed by atoms with Crippen molar-refractivity contribution >= 4 is 21.7 Å². The number of hydrogen-bond acceptors (Lipinski definition) is 3. The first kappa shape index (κ1) is 10.4. The standard InChI is InChI=1S/C10H8BrFO3/c1-5(13)2-6-7(11)3-8-10(9(6)12)15-4-14-8/h3H,2,4H2,1H3. The van der Waals surface area contributed by atoms with E-state index in [1.54, 1.807) is 6.07 Å². The number of benzene rings is 1. The molecule has 0 unspecified atom stereocenters. The molecule has 5 heteroatoms. The van der Waals surface area contributed by atoms with Crippen LogP contribution in [0.4, 0.5) is 4.39 Å². The largest absolute Gasteiger partial charge is 0.453 e. The molecule has 1 aliphatic heterocycles. The van der Waals surface area contributed by atoms with E-state index in [2.05, 4.69) is 15.9 Å². The van der Waals surface area contributed by atoms with Crippen molar-refractivity contribution in [3.63, 3.8) is 0 Å². The van der Waals surface area contributed by atoms with Crippen LogP contribution in [0.15, 0.2) is 10.5 Å². The van der Waals surface area contributed by atoms with E-state index in [1.807, 2.05) is 0 Å². The quantitative estimate of drug-likeness (QED) is 0.831. The highest BCUT2D eigenvalue weighted by Crippen LogP contribution is 2.40. The first-order chi connectivity index (χ1) is 7.09. The van der Waals surface area contributed by atoms with Gasteiger partial charge in [-0.2, -0.15) is 0 Å². The van der Waals surface area contributed by atoms with Crippen LogP contribution in [0.2, 0.25) is 0 Å². The van der Waals surface area contributed by atoms with Crippen molar-refractivity contribution in [3.05, 3.63) is 21.9 Å². The highest BCUT2D eigenvalue weighted by molar-refractivity contribution is 9.10. The highest BCUT2D eigenvalue weighted by atomic mass is 79.9. The van der Waals surface area contributed by atoms with Gasteiger partial charge in [0.1, 0.15) is 5.78 Å². The first-order valence-electron chi connectivity index (χ1n) is 4.35. The van der Waals surface area contributed by atoms with Crippen LogP contribution < -0.4 is 9.47 Å². The van der Waals surface area contributed by atoms with Gasteiger partial charge in [-0.15, -0.1) is 0 Å². The lowest BCUT2D eigenvalue weighted by Crippen LogP contribution is -2.01. The van der Waals surface area contributed by atoms with Crippen molar-refractivity contribution in [3.8, 4) is 11.5 Å². The second-order valence-corrected chi connectivity index (χ2v) is 4.12. The SMILES string of the molecule is CC(=O)Cc1c(Br)cc2c(c1F)OCO2. The number of hydrogen-bond donors (Lipinski definition) is 0. The molecule has 0 bridgehead atoms. The van der Waals surface area contributed by atoms with Gasteiger partial charge in [-0.3, -0.25) is 4.79 Å². The summed E-state index contributed by atoms with van der Waals surface area (Å²) in [5, 5.41) is 0. The van der Waals surface area contributed by atoms with Crippen LogP contribution in [0.1, 0.15) is 12.5 Å². The molecule has 0 amide bonds. The van der Waals surface area contributed by atoms with Crippen LogP contribution in [0.5, 0.6) is 11.5 Å². The summed E-state index contributed by atoms with van der Waals surface area (Å²) in [6.07, 6.45) is 0.0447. The van der Waals surface area contributed by atoms with E-state index < -0.39 is 5.82 Å². The Morgan fingerprint density at radius 2 is 2.33 bits per heavy atom. The van der Waals surface area contributed by atoms with Crippen molar-refractivity contribution in [2.75, 3.05) is 6.79 Å². The van der Waals surface area contributed by atoms with Gasteiger partial charge in [0, 0.05) is 16.5 Å². The molecule has 0 fully saturated rings. The molecule has 3 nitrogen and oxygen atoms in total. The summed E-state index contributed by atoms with van der Waals surface area (Å²) in [4.78, 5) is 11.0. The molecule has 0 spiro atoms.